The normalized spacial score (nSPS) is 18.0. The van der Waals surface area contributed by atoms with E-state index in [0.717, 1.165) is 37.9 Å². The van der Waals surface area contributed by atoms with Crippen LogP contribution in [0.5, 0.6) is 0 Å². The van der Waals surface area contributed by atoms with Crippen LogP contribution in [0.15, 0.2) is 18.5 Å². The third-order valence-corrected chi connectivity index (χ3v) is 3.84. The molecule has 1 amide bonds. The maximum Gasteiger partial charge on any atom is 0.252 e. The molecular weight excluding hydrogens is 247 g/mol. The van der Waals surface area contributed by atoms with Crippen LogP contribution in [0.2, 0.25) is 0 Å². The van der Waals surface area contributed by atoms with E-state index in [-0.39, 0.29) is 23.5 Å². The molecular formula is C14H19FN2O2. The molecule has 1 fully saturated rings. The summed E-state index contributed by atoms with van der Waals surface area (Å²) in [5.41, 5.74) is -0.00168. The number of aliphatic hydroxyl groups is 1. The predicted octanol–water partition coefficient (Wildman–Crippen LogP) is 1.89. The smallest absolute Gasteiger partial charge is 0.252 e. The molecule has 19 heavy (non-hydrogen) atoms. The Morgan fingerprint density at radius 1 is 1.37 bits per heavy atom. The highest BCUT2D eigenvalue weighted by Crippen LogP contribution is 2.35. The lowest BCUT2D eigenvalue weighted by Crippen LogP contribution is -2.41. The number of aliphatic hydroxyl groups excluding tert-OH is 1. The first-order chi connectivity index (χ1) is 9.15. The van der Waals surface area contributed by atoms with Gasteiger partial charge in [-0.1, -0.05) is 19.3 Å². The summed E-state index contributed by atoms with van der Waals surface area (Å²) in [5.74, 6) is -0.868. The van der Waals surface area contributed by atoms with Crippen molar-refractivity contribution in [2.24, 2.45) is 5.41 Å². The second-order valence-corrected chi connectivity index (χ2v) is 5.29. The fourth-order valence-electron chi connectivity index (χ4n) is 2.60. The Hall–Kier alpha value is -1.49. The number of hydrogen-bond acceptors (Lipinski definition) is 3. The highest BCUT2D eigenvalue weighted by Gasteiger charge is 2.31. The predicted molar refractivity (Wildman–Crippen MR) is 69.1 cm³/mol. The number of aromatic nitrogens is 1. The van der Waals surface area contributed by atoms with Gasteiger partial charge >= 0.3 is 0 Å². The van der Waals surface area contributed by atoms with Gasteiger partial charge in [0.15, 0.2) is 0 Å². The number of nitrogens with zero attached hydrogens (tertiary/aromatic N) is 1. The first-order valence-corrected chi connectivity index (χ1v) is 6.65. The van der Waals surface area contributed by atoms with E-state index in [4.69, 9.17) is 0 Å². The molecule has 1 heterocycles. The fraction of sp³-hybridized carbons (Fsp3) is 0.571. The zero-order chi connectivity index (χ0) is 13.7. The first-order valence-electron chi connectivity index (χ1n) is 6.65. The van der Waals surface area contributed by atoms with Crippen LogP contribution < -0.4 is 5.32 Å². The molecule has 5 heteroatoms. The van der Waals surface area contributed by atoms with Gasteiger partial charge in [0.05, 0.1) is 18.4 Å². The lowest BCUT2D eigenvalue weighted by atomic mass is 9.74. The lowest BCUT2D eigenvalue weighted by molar-refractivity contribution is 0.0717. The molecule has 104 valence electrons. The lowest BCUT2D eigenvalue weighted by Gasteiger charge is -2.35. The summed E-state index contributed by atoms with van der Waals surface area (Å²) in [7, 11) is 0. The molecule has 2 N–H and O–H groups in total. The molecule has 1 aromatic rings. The summed E-state index contributed by atoms with van der Waals surface area (Å²) >= 11 is 0. The molecule has 2 rings (SSSR count). The van der Waals surface area contributed by atoms with Gasteiger partial charge in [0.25, 0.3) is 5.91 Å². The minimum atomic E-state index is -0.526. The minimum absolute atomic E-state index is 0.0781. The number of hydrogen-bond donors (Lipinski definition) is 2. The van der Waals surface area contributed by atoms with Gasteiger partial charge < -0.3 is 10.4 Å². The number of nitrogens with one attached hydrogen (secondary N) is 1. The third-order valence-electron chi connectivity index (χ3n) is 3.84. The maximum atomic E-state index is 13.0. The van der Waals surface area contributed by atoms with Gasteiger partial charge in [-0.05, 0) is 18.9 Å². The number of amides is 1. The standard InChI is InChI=1S/C14H19FN2O2/c15-12-6-11(7-16-8-12)13(19)17-9-14(10-18)4-2-1-3-5-14/h6-8,18H,1-5,9-10H2,(H,17,19). The van der Waals surface area contributed by atoms with Crippen molar-refractivity contribution < 1.29 is 14.3 Å². The molecule has 0 aliphatic heterocycles. The van der Waals surface area contributed by atoms with Crippen molar-refractivity contribution in [1.82, 2.24) is 10.3 Å². The summed E-state index contributed by atoms with van der Waals surface area (Å²) in [6.07, 6.45) is 7.59. The van der Waals surface area contributed by atoms with E-state index in [0.29, 0.717) is 6.54 Å². The second-order valence-electron chi connectivity index (χ2n) is 5.29. The number of pyridine rings is 1. The molecule has 1 aromatic heterocycles. The van der Waals surface area contributed by atoms with Gasteiger partial charge in [-0.2, -0.15) is 0 Å². The van der Waals surface area contributed by atoms with Crippen LogP contribution in [-0.2, 0) is 0 Å². The summed E-state index contributed by atoms with van der Waals surface area (Å²) in [5, 5.41) is 12.3. The van der Waals surface area contributed by atoms with Crippen LogP contribution in [-0.4, -0.2) is 29.1 Å². The van der Waals surface area contributed by atoms with E-state index >= 15 is 0 Å². The van der Waals surface area contributed by atoms with Crippen LogP contribution in [0, 0.1) is 11.2 Å². The van der Waals surface area contributed by atoms with E-state index in [2.05, 4.69) is 10.3 Å². The zero-order valence-electron chi connectivity index (χ0n) is 10.9. The molecule has 0 atom stereocenters. The minimum Gasteiger partial charge on any atom is -0.396 e. The summed E-state index contributed by atoms with van der Waals surface area (Å²) in [6, 6.07) is 1.16. The van der Waals surface area contributed by atoms with Crippen molar-refractivity contribution in [2.75, 3.05) is 13.2 Å². The largest absolute Gasteiger partial charge is 0.396 e. The summed E-state index contributed by atoms with van der Waals surface area (Å²) in [4.78, 5) is 15.6. The van der Waals surface area contributed by atoms with Gasteiger partial charge in [0.1, 0.15) is 5.82 Å². The van der Waals surface area contributed by atoms with E-state index in [9.17, 15) is 14.3 Å². The molecule has 4 nitrogen and oxygen atoms in total. The average molecular weight is 266 g/mol. The van der Waals surface area contributed by atoms with Gasteiger partial charge in [0, 0.05) is 18.2 Å². The second kappa shape index (κ2) is 6.10. The molecule has 1 aliphatic rings. The van der Waals surface area contributed by atoms with Crippen molar-refractivity contribution in [3.8, 4) is 0 Å². The Bertz CT molecular complexity index is 445. The van der Waals surface area contributed by atoms with Gasteiger partial charge in [0.2, 0.25) is 0 Å². The van der Waals surface area contributed by atoms with E-state index in [1.165, 1.54) is 12.6 Å². The van der Waals surface area contributed by atoms with Crippen LogP contribution >= 0.6 is 0 Å². The zero-order valence-corrected chi connectivity index (χ0v) is 10.9. The topological polar surface area (TPSA) is 62.2 Å². The Morgan fingerprint density at radius 2 is 2.11 bits per heavy atom. The Kier molecular flexibility index (Phi) is 4.47. The third kappa shape index (κ3) is 3.50. The van der Waals surface area contributed by atoms with Crippen LogP contribution in [0.25, 0.3) is 0 Å². The van der Waals surface area contributed by atoms with Gasteiger partial charge in [-0.3, -0.25) is 9.78 Å². The van der Waals surface area contributed by atoms with Gasteiger partial charge in [-0.15, -0.1) is 0 Å². The Balaban J connectivity index is 1.95. The average Bonchev–Trinajstić information content (AvgIpc) is 2.46. The molecule has 1 aliphatic carbocycles. The van der Waals surface area contributed by atoms with Crippen molar-refractivity contribution in [2.45, 2.75) is 32.1 Å². The molecule has 1 saturated carbocycles. The molecule has 0 unspecified atom stereocenters. The Morgan fingerprint density at radius 3 is 2.74 bits per heavy atom. The monoisotopic (exact) mass is 266 g/mol. The van der Waals surface area contributed by atoms with Crippen molar-refractivity contribution >= 4 is 5.91 Å². The van der Waals surface area contributed by atoms with Crippen LogP contribution in [0.1, 0.15) is 42.5 Å². The molecule has 0 spiro atoms. The van der Waals surface area contributed by atoms with Gasteiger partial charge in [-0.25, -0.2) is 4.39 Å². The van der Waals surface area contributed by atoms with E-state index in [1.54, 1.807) is 0 Å². The van der Waals surface area contributed by atoms with E-state index in [1.807, 2.05) is 0 Å². The quantitative estimate of drug-likeness (QED) is 0.875. The molecule has 0 aromatic carbocycles. The highest BCUT2D eigenvalue weighted by atomic mass is 19.1. The molecule has 0 saturated heterocycles. The van der Waals surface area contributed by atoms with Crippen molar-refractivity contribution in [3.05, 3.63) is 29.8 Å². The maximum absolute atomic E-state index is 13.0. The van der Waals surface area contributed by atoms with Crippen molar-refractivity contribution in [3.63, 3.8) is 0 Å². The number of rotatable bonds is 4. The van der Waals surface area contributed by atoms with Crippen molar-refractivity contribution in [1.29, 1.82) is 0 Å². The SMILES string of the molecule is O=C(NCC1(CO)CCCCC1)c1cncc(F)c1. The first kappa shape index (κ1) is 13.9. The fourth-order valence-corrected chi connectivity index (χ4v) is 2.60. The number of halogens is 1. The van der Waals surface area contributed by atoms with E-state index < -0.39 is 5.82 Å². The summed E-state index contributed by atoms with van der Waals surface area (Å²) < 4.78 is 13.0. The molecule has 0 bridgehead atoms. The number of carbonyl (C=O) groups is 1. The molecule has 0 radical (unpaired) electrons. The number of carbonyl (C=O) groups excluding carboxylic acids is 1. The van der Waals surface area contributed by atoms with Crippen LogP contribution in [0.3, 0.4) is 0 Å². The highest BCUT2D eigenvalue weighted by molar-refractivity contribution is 5.93. The summed E-state index contributed by atoms with van der Waals surface area (Å²) in [6.45, 7) is 0.507. The Labute approximate surface area is 112 Å². The van der Waals surface area contributed by atoms with Crippen LogP contribution in [0.4, 0.5) is 4.39 Å².